The predicted octanol–water partition coefficient (Wildman–Crippen LogP) is 1.06. The standard InChI is InChI=1S/C12H17FN2O2/c1-2-7-15-10(12(14)16)8-17-11-6-4-3-5-9(11)13/h3-6,10,15H,2,7-8H2,1H3,(H2,14,16). The molecule has 1 unspecified atom stereocenters. The van der Waals surface area contributed by atoms with E-state index in [0.29, 0.717) is 6.54 Å². The quantitative estimate of drug-likeness (QED) is 0.749. The zero-order valence-electron chi connectivity index (χ0n) is 9.78. The minimum atomic E-state index is -0.602. The lowest BCUT2D eigenvalue weighted by Crippen LogP contribution is -2.45. The van der Waals surface area contributed by atoms with Gasteiger partial charge in [-0.05, 0) is 25.1 Å². The predicted molar refractivity (Wildman–Crippen MR) is 63.2 cm³/mol. The van der Waals surface area contributed by atoms with Crippen molar-refractivity contribution in [3.63, 3.8) is 0 Å². The highest BCUT2D eigenvalue weighted by molar-refractivity contribution is 5.80. The summed E-state index contributed by atoms with van der Waals surface area (Å²) in [6.07, 6.45) is 0.878. The van der Waals surface area contributed by atoms with E-state index in [1.165, 1.54) is 12.1 Å². The molecule has 0 spiro atoms. The minimum absolute atomic E-state index is 0.0241. The van der Waals surface area contributed by atoms with Crippen LogP contribution in [-0.4, -0.2) is 25.1 Å². The molecular formula is C12H17FN2O2. The van der Waals surface area contributed by atoms with Crippen molar-refractivity contribution >= 4 is 5.91 Å². The van der Waals surface area contributed by atoms with Gasteiger partial charge in [0, 0.05) is 0 Å². The fourth-order valence-electron chi connectivity index (χ4n) is 1.30. The van der Waals surface area contributed by atoms with Crippen LogP contribution in [0.1, 0.15) is 13.3 Å². The first-order valence-electron chi connectivity index (χ1n) is 5.55. The van der Waals surface area contributed by atoms with E-state index in [2.05, 4.69) is 5.32 Å². The number of hydrogen-bond donors (Lipinski definition) is 2. The monoisotopic (exact) mass is 240 g/mol. The molecule has 0 fully saturated rings. The van der Waals surface area contributed by atoms with Crippen molar-refractivity contribution in [3.05, 3.63) is 30.1 Å². The lowest BCUT2D eigenvalue weighted by atomic mass is 10.3. The molecule has 0 saturated heterocycles. The molecule has 0 aromatic heterocycles. The molecule has 0 heterocycles. The van der Waals surface area contributed by atoms with Gasteiger partial charge in [-0.15, -0.1) is 0 Å². The smallest absolute Gasteiger partial charge is 0.238 e. The highest BCUT2D eigenvalue weighted by Gasteiger charge is 2.15. The van der Waals surface area contributed by atoms with E-state index in [9.17, 15) is 9.18 Å². The zero-order valence-corrected chi connectivity index (χ0v) is 9.78. The van der Waals surface area contributed by atoms with Crippen molar-refractivity contribution < 1.29 is 13.9 Å². The molecule has 1 aromatic carbocycles. The van der Waals surface area contributed by atoms with Crippen LogP contribution in [0.4, 0.5) is 4.39 Å². The SMILES string of the molecule is CCCNC(COc1ccccc1F)C(N)=O. The van der Waals surface area contributed by atoms with E-state index in [1.54, 1.807) is 12.1 Å². The number of nitrogens with two attached hydrogens (primary N) is 1. The first-order valence-corrected chi connectivity index (χ1v) is 5.55. The van der Waals surface area contributed by atoms with E-state index < -0.39 is 17.8 Å². The molecule has 0 bridgehead atoms. The Balaban J connectivity index is 2.52. The number of hydrogen-bond acceptors (Lipinski definition) is 3. The fraction of sp³-hybridized carbons (Fsp3) is 0.417. The van der Waals surface area contributed by atoms with E-state index in [0.717, 1.165) is 6.42 Å². The Labute approximate surface area is 100.0 Å². The second-order valence-electron chi connectivity index (χ2n) is 3.65. The van der Waals surface area contributed by atoms with Crippen molar-refractivity contribution in [2.45, 2.75) is 19.4 Å². The maximum Gasteiger partial charge on any atom is 0.238 e. The number of carbonyl (C=O) groups excluding carboxylic acids is 1. The van der Waals surface area contributed by atoms with Gasteiger partial charge in [0.1, 0.15) is 12.6 Å². The molecule has 0 radical (unpaired) electrons. The normalized spacial score (nSPS) is 12.1. The molecular weight excluding hydrogens is 223 g/mol. The van der Waals surface area contributed by atoms with Crippen molar-refractivity contribution in [2.75, 3.05) is 13.2 Å². The van der Waals surface area contributed by atoms with Gasteiger partial charge in [0.2, 0.25) is 5.91 Å². The van der Waals surface area contributed by atoms with E-state index in [-0.39, 0.29) is 12.4 Å². The minimum Gasteiger partial charge on any atom is -0.488 e. The third kappa shape index (κ3) is 4.40. The molecule has 1 atom stereocenters. The van der Waals surface area contributed by atoms with Crippen molar-refractivity contribution in [1.29, 1.82) is 0 Å². The third-order valence-corrected chi connectivity index (χ3v) is 2.23. The molecule has 1 aromatic rings. The summed E-state index contributed by atoms with van der Waals surface area (Å²) in [6.45, 7) is 2.66. The molecule has 0 aliphatic rings. The highest BCUT2D eigenvalue weighted by atomic mass is 19.1. The number of halogens is 1. The molecule has 3 N–H and O–H groups in total. The van der Waals surface area contributed by atoms with Crippen LogP contribution in [0.15, 0.2) is 24.3 Å². The topological polar surface area (TPSA) is 64.3 Å². The number of benzene rings is 1. The van der Waals surface area contributed by atoms with Gasteiger partial charge in [0.25, 0.3) is 0 Å². The van der Waals surface area contributed by atoms with Crippen LogP contribution >= 0.6 is 0 Å². The maximum atomic E-state index is 13.2. The van der Waals surface area contributed by atoms with Crippen LogP contribution in [0, 0.1) is 5.82 Å². The Morgan fingerprint density at radius 1 is 1.53 bits per heavy atom. The van der Waals surface area contributed by atoms with Gasteiger partial charge < -0.3 is 15.8 Å². The van der Waals surface area contributed by atoms with Gasteiger partial charge >= 0.3 is 0 Å². The molecule has 1 amide bonds. The summed E-state index contributed by atoms with van der Waals surface area (Å²) in [7, 11) is 0. The lowest BCUT2D eigenvalue weighted by molar-refractivity contribution is -0.120. The van der Waals surface area contributed by atoms with Gasteiger partial charge in [-0.3, -0.25) is 4.79 Å². The summed E-state index contributed by atoms with van der Waals surface area (Å²) in [5, 5.41) is 2.94. The second-order valence-corrected chi connectivity index (χ2v) is 3.65. The summed E-state index contributed by atoms with van der Waals surface area (Å²) in [5.41, 5.74) is 5.20. The summed E-state index contributed by atoms with van der Waals surface area (Å²) in [4.78, 5) is 11.1. The number of primary amides is 1. The Morgan fingerprint density at radius 2 is 2.24 bits per heavy atom. The van der Waals surface area contributed by atoms with Gasteiger partial charge in [-0.25, -0.2) is 4.39 Å². The Morgan fingerprint density at radius 3 is 2.82 bits per heavy atom. The largest absolute Gasteiger partial charge is 0.488 e. The van der Waals surface area contributed by atoms with Crippen LogP contribution in [0.25, 0.3) is 0 Å². The van der Waals surface area contributed by atoms with E-state index in [1.807, 2.05) is 6.92 Å². The summed E-state index contributed by atoms with van der Waals surface area (Å²) >= 11 is 0. The van der Waals surface area contributed by atoms with Gasteiger partial charge in [0.15, 0.2) is 11.6 Å². The van der Waals surface area contributed by atoms with Crippen LogP contribution in [0.2, 0.25) is 0 Å². The summed E-state index contributed by atoms with van der Waals surface area (Å²) in [6, 6.07) is 5.44. The van der Waals surface area contributed by atoms with E-state index in [4.69, 9.17) is 10.5 Å². The molecule has 1 rings (SSSR count). The zero-order chi connectivity index (χ0) is 12.7. The summed E-state index contributed by atoms with van der Waals surface area (Å²) in [5.74, 6) is -0.835. The number of carbonyl (C=O) groups is 1. The van der Waals surface area contributed by atoms with Crippen LogP contribution in [0.5, 0.6) is 5.75 Å². The molecule has 4 nitrogen and oxygen atoms in total. The van der Waals surface area contributed by atoms with E-state index >= 15 is 0 Å². The Bertz CT molecular complexity index is 371. The maximum absolute atomic E-state index is 13.2. The van der Waals surface area contributed by atoms with Crippen molar-refractivity contribution in [1.82, 2.24) is 5.32 Å². The third-order valence-electron chi connectivity index (χ3n) is 2.23. The fourth-order valence-corrected chi connectivity index (χ4v) is 1.30. The first-order chi connectivity index (χ1) is 8.15. The number of amides is 1. The molecule has 0 saturated carbocycles. The average Bonchev–Trinajstić information content (AvgIpc) is 2.31. The number of nitrogens with one attached hydrogen (secondary N) is 1. The second kappa shape index (κ2) is 6.85. The number of ether oxygens (including phenoxy) is 1. The van der Waals surface area contributed by atoms with Crippen LogP contribution in [0.3, 0.4) is 0 Å². The molecule has 5 heteroatoms. The highest BCUT2D eigenvalue weighted by Crippen LogP contribution is 2.15. The summed E-state index contributed by atoms with van der Waals surface area (Å²) < 4.78 is 18.5. The Kier molecular flexibility index (Phi) is 5.42. The van der Waals surface area contributed by atoms with Crippen molar-refractivity contribution in [2.24, 2.45) is 5.73 Å². The molecule has 94 valence electrons. The van der Waals surface area contributed by atoms with Gasteiger partial charge in [-0.2, -0.15) is 0 Å². The average molecular weight is 240 g/mol. The Hall–Kier alpha value is -1.62. The van der Waals surface area contributed by atoms with Gasteiger partial charge in [-0.1, -0.05) is 19.1 Å². The molecule has 17 heavy (non-hydrogen) atoms. The lowest BCUT2D eigenvalue weighted by Gasteiger charge is -2.16. The number of para-hydroxylation sites is 1. The first kappa shape index (κ1) is 13.4. The van der Waals surface area contributed by atoms with Crippen molar-refractivity contribution in [3.8, 4) is 5.75 Å². The van der Waals surface area contributed by atoms with Crippen LogP contribution in [-0.2, 0) is 4.79 Å². The molecule has 0 aliphatic carbocycles. The number of rotatable bonds is 7. The van der Waals surface area contributed by atoms with Crippen LogP contribution < -0.4 is 15.8 Å². The van der Waals surface area contributed by atoms with Gasteiger partial charge in [0.05, 0.1) is 0 Å². The molecule has 0 aliphatic heterocycles.